The van der Waals surface area contributed by atoms with E-state index in [0.717, 1.165) is 24.2 Å². The molecule has 15 heavy (non-hydrogen) atoms. The van der Waals surface area contributed by atoms with Gasteiger partial charge in [-0.05, 0) is 26.3 Å². The Labute approximate surface area is 97.4 Å². The normalized spacial score (nSPS) is 12.5. The van der Waals surface area contributed by atoms with Crippen LogP contribution in [-0.2, 0) is 5.88 Å². The molecule has 1 rings (SSSR count). The maximum atomic E-state index is 5.88. The summed E-state index contributed by atoms with van der Waals surface area (Å²) in [5, 5.41) is 0. The molecule has 0 saturated carbocycles. The van der Waals surface area contributed by atoms with Crippen LogP contribution in [0.1, 0.15) is 37.8 Å². The number of aryl methyl sites for hydroxylation is 1. The van der Waals surface area contributed by atoms with E-state index in [1.807, 2.05) is 6.07 Å². The van der Waals surface area contributed by atoms with Gasteiger partial charge in [0.15, 0.2) is 0 Å². The first-order valence-electron chi connectivity index (χ1n) is 5.49. The lowest BCUT2D eigenvalue weighted by Crippen LogP contribution is -2.12. The molecule has 1 atom stereocenters. The highest BCUT2D eigenvalue weighted by atomic mass is 35.5. The van der Waals surface area contributed by atoms with Crippen molar-refractivity contribution in [2.24, 2.45) is 0 Å². The number of alkyl halides is 1. The third kappa shape index (κ3) is 3.75. The van der Waals surface area contributed by atoms with Crippen molar-refractivity contribution in [1.82, 2.24) is 0 Å². The summed E-state index contributed by atoms with van der Waals surface area (Å²) in [5.74, 6) is 1.44. The average molecular weight is 227 g/mol. The fourth-order valence-corrected chi connectivity index (χ4v) is 1.82. The summed E-state index contributed by atoms with van der Waals surface area (Å²) >= 11 is 5.88. The van der Waals surface area contributed by atoms with Crippen LogP contribution < -0.4 is 4.74 Å². The van der Waals surface area contributed by atoms with E-state index < -0.39 is 0 Å². The largest absolute Gasteiger partial charge is 0.490 e. The summed E-state index contributed by atoms with van der Waals surface area (Å²) < 4.78 is 5.85. The second kappa shape index (κ2) is 6.02. The van der Waals surface area contributed by atoms with E-state index in [1.165, 1.54) is 5.56 Å². The third-order valence-corrected chi connectivity index (χ3v) is 2.67. The second-order valence-electron chi connectivity index (χ2n) is 3.96. The number of hydrogen-bond donors (Lipinski definition) is 0. The Morgan fingerprint density at radius 1 is 1.40 bits per heavy atom. The predicted molar refractivity (Wildman–Crippen MR) is 65.7 cm³/mol. The van der Waals surface area contributed by atoms with Crippen LogP contribution >= 0.6 is 11.6 Å². The quantitative estimate of drug-likeness (QED) is 0.681. The van der Waals surface area contributed by atoms with Gasteiger partial charge in [0.05, 0.1) is 12.0 Å². The molecule has 84 valence electrons. The Kier molecular flexibility index (Phi) is 4.97. The molecule has 0 amide bonds. The first-order valence-corrected chi connectivity index (χ1v) is 6.03. The summed E-state index contributed by atoms with van der Waals surface area (Å²) in [5.41, 5.74) is 2.31. The highest BCUT2D eigenvalue weighted by Crippen LogP contribution is 2.23. The molecule has 2 heteroatoms. The lowest BCUT2D eigenvalue weighted by Gasteiger charge is -2.16. The van der Waals surface area contributed by atoms with Gasteiger partial charge in [0.1, 0.15) is 5.75 Å². The van der Waals surface area contributed by atoms with E-state index in [4.69, 9.17) is 16.3 Å². The summed E-state index contributed by atoms with van der Waals surface area (Å²) in [6.07, 6.45) is 2.48. The van der Waals surface area contributed by atoms with E-state index in [2.05, 4.69) is 32.9 Å². The van der Waals surface area contributed by atoms with Crippen molar-refractivity contribution < 1.29 is 4.74 Å². The van der Waals surface area contributed by atoms with E-state index in [9.17, 15) is 0 Å². The molecule has 1 aromatic rings. The van der Waals surface area contributed by atoms with E-state index in [1.54, 1.807) is 0 Å². The van der Waals surface area contributed by atoms with Gasteiger partial charge in [0.25, 0.3) is 0 Å². The minimum atomic E-state index is 0.264. The molecule has 0 aliphatic rings. The molecule has 0 aliphatic heterocycles. The Bertz CT molecular complexity index is 309. The van der Waals surface area contributed by atoms with Gasteiger partial charge >= 0.3 is 0 Å². The van der Waals surface area contributed by atoms with Crippen LogP contribution in [0.3, 0.4) is 0 Å². The minimum absolute atomic E-state index is 0.264. The highest BCUT2D eigenvalue weighted by Gasteiger charge is 2.07. The van der Waals surface area contributed by atoms with Gasteiger partial charge in [-0.2, -0.15) is 0 Å². The van der Waals surface area contributed by atoms with Gasteiger partial charge in [0, 0.05) is 5.56 Å². The molecule has 1 aromatic carbocycles. The van der Waals surface area contributed by atoms with Crippen LogP contribution in [0.4, 0.5) is 0 Å². The number of benzene rings is 1. The molecular formula is C13H19ClO. The van der Waals surface area contributed by atoms with Gasteiger partial charge in [0.2, 0.25) is 0 Å². The van der Waals surface area contributed by atoms with E-state index in [-0.39, 0.29) is 6.10 Å². The molecule has 0 fully saturated rings. The van der Waals surface area contributed by atoms with Crippen molar-refractivity contribution in [3.63, 3.8) is 0 Å². The first kappa shape index (κ1) is 12.4. The van der Waals surface area contributed by atoms with Crippen molar-refractivity contribution >= 4 is 11.6 Å². The van der Waals surface area contributed by atoms with Crippen LogP contribution in [0.25, 0.3) is 0 Å². The number of rotatable bonds is 5. The highest BCUT2D eigenvalue weighted by molar-refractivity contribution is 6.17. The molecule has 1 nitrogen and oxygen atoms in total. The van der Waals surface area contributed by atoms with Gasteiger partial charge in [-0.25, -0.2) is 0 Å². The van der Waals surface area contributed by atoms with Crippen molar-refractivity contribution in [3.05, 3.63) is 29.3 Å². The molecule has 0 N–H and O–H groups in total. The number of ether oxygens (including phenoxy) is 1. The fraction of sp³-hybridized carbons (Fsp3) is 0.538. The molecule has 0 radical (unpaired) electrons. The Morgan fingerprint density at radius 3 is 2.73 bits per heavy atom. The van der Waals surface area contributed by atoms with Crippen LogP contribution in [0.15, 0.2) is 18.2 Å². The number of hydrogen-bond acceptors (Lipinski definition) is 1. The zero-order valence-corrected chi connectivity index (χ0v) is 10.5. The molecule has 0 aromatic heterocycles. The summed E-state index contributed by atoms with van der Waals surface area (Å²) in [6.45, 7) is 6.33. The topological polar surface area (TPSA) is 9.23 Å². The van der Waals surface area contributed by atoms with Gasteiger partial charge in [-0.3, -0.25) is 0 Å². The Morgan fingerprint density at radius 2 is 2.13 bits per heavy atom. The summed E-state index contributed by atoms with van der Waals surface area (Å²) in [6, 6.07) is 6.16. The molecule has 0 bridgehead atoms. The monoisotopic (exact) mass is 226 g/mol. The van der Waals surface area contributed by atoms with Crippen molar-refractivity contribution in [2.45, 2.75) is 45.6 Å². The zero-order valence-electron chi connectivity index (χ0n) is 9.72. The minimum Gasteiger partial charge on any atom is -0.490 e. The molecule has 0 heterocycles. The predicted octanol–water partition coefficient (Wildman–Crippen LogP) is 4.30. The summed E-state index contributed by atoms with van der Waals surface area (Å²) in [7, 11) is 0. The van der Waals surface area contributed by atoms with Crippen molar-refractivity contribution in [2.75, 3.05) is 0 Å². The zero-order chi connectivity index (χ0) is 11.3. The van der Waals surface area contributed by atoms with Crippen molar-refractivity contribution in [1.29, 1.82) is 0 Å². The van der Waals surface area contributed by atoms with Crippen LogP contribution in [0.2, 0.25) is 0 Å². The van der Waals surface area contributed by atoms with E-state index in [0.29, 0.717) is 5.88 Å². The Hall–Kier alpha value is -0.690. The van der Waals surface area contributed by atoms with Crippen LogP contribution in [0.5, 0.6) is 5.75 Å². The average Bonchev–Trinajstić information content (AvgIpc) is 2.21. The molecule has 0 saturated heterocycles. The molecular weight excluding hydrogens is 208 g/mol. The fourth-order valence-electron chi connectivity index (χ4n) is 1.61. The molecule has 1 unspecified atom stereocenters. The maximum Gasteiger partial charge on any atom is 0.124 e. The first-order chi connectivity index (χ1) is 7.17. The Balaban J connectivity index is 2.75. The van der Waals surface area contributed by atoms with Gasteiger partial charge < -0.3 is 4.74 Å². The van der Waals surface area contributed by atoms with Gasteiger partial charge in [-0.1, -0.05) is 31.0 Å². The van der Waals surface area contributed by atoms with E-state index >= 15 is 0 Å². The lowest BCUT2D eigenvalue weighted by atomic mass is 10.1. The lowest BCUT2D eigenvalue weighted by molar-refractivity contribution is 0.208. The third-order valence-electron chi connectivity index (χ3n) is 2.38. The second-order valence-corrected chi connectivity index (χ2v) is 4.23. The number of halogens is 1. The standard InChI is InChI=1S/C13H19ClO/c1-4-5-11(3)15-13-7-6-10(2)8-12(13)9-14/h6-8,11H,4-5,9H2,1-3H3. The van der Waals surface area contributed by atoms with Gasteiger partial charge in [-0.15, -0.1) is 11.6 Å². The molecule has 0 spiro atoms. The SMILES string of the molecule is CCCC(C)Oc1ccc(C)cc1CCl. The van der Waals surface area contributed by atoms with Crippen LogP contribution in [-0.4, -0.2) is 6.10 Å². The van der Waals surface area contributed by atoms with Crippen LogP contribution in [0, 0.1) is 6.92 Å². The molecule has 0 aliphatic carbocycles. The maximum absolute atomic E-state index is 5.88. The smallest absolute Gasteiger partial charge is 0.124 e. The summed E-state index contributed by atoms with van der Waals surface area (Å²) in [4.78, 5) is 0. The van der Waals surface area contributed by atoms with Crippen molar-refractivity contribution in [3.8, 4) is 5.75 Å².